The van der Waals surface area contributed by atoms with Crippen molar-refractivity contribution in [2.75, 3.05) is 0 Å². The van der Waals surface area contributed by atoms with Crippen molar-refractivity contribution in [3.05, 3.63) is 200 Å². The Kier molecular flexibility index (Phi) is 7.21. The maximum absolute atomic E-state index is 6.25. The monoisotopic (exact) mass is 699 g/mol. The standard InChI is InChI=1S/C53H33NO/c1-2-10-34(11-3-1)35-20-24-38(25-21-35)52-43-14-6-8-16-45(43)53(46-17-9-7-15-44(46)52)42-26-28-49(54-33-42)37-22-18-36(19-23-37)41-27-29-50-47(31-41)48-30-39-12-4-5-13-40(39)32-51(48)55-50/h1-33H. The molecule has 0 radical (unpaired) electrons. The highest BCUT2D eigenvalue weighted by molar-refractivity contribution is 6.21. The Labute approximate surface area is 318 Å². The lowest BCUT2D eigenvalue weighted by atomic mass is 9.86. The first-order valence-corrected chi connectivity index (χ1v) is 18.8. The van der Waals surface area contributed by atoms with Crippen molar-refractivity contribution in [1.82, 2.24) is 4.98 Å². The summed E-state index contributed by atoms with van der Waals surface area (Å²) in [7, 11) is 0. The highest BCUT2D eigenvalue weighted by Crippen LogP contribution is 2.44. The molecule has 0 aliphatic heterocycles. The van der Waals surface area contributed by atoms with Crippen LogP contribution in [0.5, 0.6) is 0 Å². The number of hydrogen-bond donors (Lipinski definition) is 0. The van der Waals surface area contributed by atoms with Gasteiger partial charge >= 0.3 is 0 Å². The van der Waals surface area contributed by atoms with Crippen LogP contribution in [0.25, 0.3) is 110 Å². The number of pyridine rings is 1. The molecule has 2 aromatic heterocycles. The van der Waals surface area contributed by atoms with Gasteiger partial charge in [-0.3, -0.25) is 4.98 Å². The molecule has 0 aliphatic carbocycles. The third-order valence-corrected chi connectivity index (χ3v) is 11.1. The zero-order valence-electron chi connectivity index (χ0n) is 29.9. The molecule has 0 saturated carbocycles. The molecule has 2 nitrogen and oxygen atoms in total. The first-order valence-electron chi connectivity index (χ1n) is 18.8. The summed E-state index contributed by atoms with van der Waals surface area (Å²) in [6, 6.07) is 69.5. The minimum atomic E-state index is 0.905. The summed E-state index contributed by atoms with van der Waals surface area (Å²) >= 11 is 0. The molecule has 0 saturated heterocycles. The summed E-state index contributed by atoms with van der Waals surface area (Å²) in [6.45, 7) is 0. The topological polar surface area (TPSA) is 26.0 Å². The fraction of sp³-hybridized carbons (Fsp3) is 0. The smallest absolute Gasteiger partial charge is 0.136 e. The van der Waals surface area contributed by atoms with E-state index in [0.29, 0.717) is 0 Å². The maximum Gasteiger partial charge on any atom is 0.136 e. The fourth-order valence-corrected chi connectivity index (χ4v) is 8.40. The van der Waals surface area contributed by atoms with Gasteiger partial charge in [-0.1, -0.05) is 164 Å². The third-order valence-electron chi connectivity index (χ3n) is 11.1. The van der Waals surface area contributed by atoms with E-state index in [0.717, 1.165) is 49.9 Å². The average molecular weight is 700 g/mol. The molecule has 11 aromatic rings. The van der Waals surface area contributed by atoms with E-state index in [1.165, 1.54) is 60.1 Å². The van der Waals surface area contributed by atoms with Gasteiger partial charge in [0.25, 0.3) is 0 Å². The molecule has 9 aromatic carbocycles. The van der Waals surface area contributed by atoms with E-state index in [2.05, 4.69) is 194 Å². The van der Waals surface area contributed by atoms with Crippen molar-refractivity contribution >= 4 is 54.3 Å². The van der Waals surface area contributed by atoms with E-state index in [9.17, 15) is 0 Å². The summed E-state index contributed by atoms with van der Waals surface area (Å²) in [4.78, 5) is 5.04. The van der Waals surface area contributed by atoms with Crippen LogP contribution in [0.3, 0.4) is 0 Å². The highest BCUT2D eigenvalue weighted by Gasteiger charge is 2.17. The van der Waals surface area contributed by atoms with Crippen molar-refractivity contribution in [1.29, 1.82) is 0 Å². The van der Waals surface area contributed by atoms with E-state index in [1.54, 1.807) is 0 Å². The Morgan fingerprint density at radius 3 is 1.40 bits per heavy atom. The molecule has 55 heavy (non-hydrogen) atoms. The first-order chi connectivity index (χ1) is 27.2. The van der Waals surface area contributed by atoms with Gasteiger partial charge in [-0.25, -0.2) is 0 Å². The second-order valence-corrected chi connectivity index (χ2v) is 14.3. The Balaban J connectivity index is 0.940. The molecule has 0 atom stereocenters. The van der Waals surface area contributed by atoms with Gasteiger partial charge in [-0.15, -0.1) is 0 Å². The van der Waals surface area contributed by atoms with Crippen LogP contribution in [0.1, 0.15) is 0 Å². The predicted molar refractivity (Wildman–Crippen MR) is 231 cm³/mol. The Bertz CT molecular complexity index is 3160. The molecule has 11 rings (SSSR count). The number of aromatic nitrogens is 1. The van der Waals surface area contributed by atoms with Crippen molar-refractivity contribution in [2.24, 2.45) is 0 Å². The predicted octanol–water partition coefficient (Wildman–Crippen LogP) is 14.8. The molecule has 256 valence electrons. The second-order valence-electron chi connectivity index (χ2n) is 14.3. The SMILES string of the molecule is c1ccc(-c2ccc(-c3c4ccccc4c(-c4ccc(-c5ccc(-c6ccc7oc8cc9ccccc9cc8c7c6)cc5)nc4)c4ccccc34)cc2)cc1. The molecule has 0 bridgehead atoms. The normalized spacial score (nSPS) is 11.6. The van der Waals surface area contributed by atoms with Crippen molar-refractivity contribution in [3.8, 4) is 55.8 Å². The molecule has 2 heterocycles. The van der Waals surface area contributed by atoms with Crippen LogP contribution in [0.4, 0.5) is 0 Å². The molecule has 0 fully saturated rings. The van der Waals surface area contributed by atoms with Gasteiger partial charge < -0.3 is 4.42 Å². The zero-order valence-corrected chi connectivity index (χ0v) is 29.9. The first kappa shape index (κ1) is 31.3. The number of hydrogen-bond acceptors (Lipinski definition) is 2. The van der Waals surface area contributed by atoms with Crippen molar-refractivity contribution in [3.63, 3.8) is 0 Å². The van der Waals surface area contributed by atoms with Gasteiger partial charge in [0.1, 0.15) is 11.2 Å². The van der Waals surface area contributed by atoms with Crippen LogP contribution in [-0.4, -0.2) is 4.98 Å². The van der Waals surface area contributed by atoms with E-state index in [1.807, 2.05) is 6.20 Å². The molecule has 2 heteroatoms. The fourth-order valence-electron chi connectivity index (χ4n) is 8.40. The van der Waals surface area contributed by atoms with Gasteiger partial charge in [-0.05, 0) is 102 Å². The number of rotatable bonds is 5. The summed E-state index contributed by atoms with van der Waals surface area (Å²) in [5.41, 5.74) is 13.4. The van der Waals surface area contributed by atoms with Crippen LogP contribution >= 0.6 is 0 Å². The Morgan fingerprint density at radius 2 is 0.764 bits per heavy atom. The highest BCUT2D eigenvalue weighted by atomic mass is 16.3. The van der Waals surface area contributed by atoms with Crippen LogP contribution in [-0.2, 0) is 0 Å². The summed E-state index contributed by atoms with van der Waals surface area (Å²) in [5, 5.41) is 9.59. The molecular weight excluding hydrogens is 667 g/mol. The quantitative estimate of drug-likeness (QED) is 0.167. The summed E-state index contributed by atoms with van der Waals surface area (Å²) in [5.74, 6) is 0. The van der Waals surface area contributed by atoms with E-state index in [4.69, 9.17) is 9.40 Å². The third kappa shape index (κ3) is 5.30. The zero-order chi connectivity index (χ0) is 36.3. The second kappa shape index (κ2) is 12.7. The van der Waals surface area contributed by atoms with Crippen LogP contribution in [0, 0.1) is 0 Å². The number of furan rings is 1. The van der Waals surface area contributed by atoms with Gasteiger partial charge in [0.15, 0.2) is 0 Å². The van der Waals surface area contributed by atoms with Crippen molar-refractivity contribution < 1.29 is 4.42 Å². The van der Waals surface area contributed by atoms with Gasteiger partial charge in [-0.2, -0.15) is 0 Å². The number of benzene rings is 9. The molecule has 0 N–H and O–H groups in total. The Hall–Kier alpha value is -7.29. The Morgan fingerprint density at radius 1 is 0.291 bits per heavy atom. The van der Waals surface area contributed by atoms with Crippen molar-refractivity contribution in [2.45, 2.75) is 0 Å². The van der Waals surface area contributed by atoms with E-state index >= 15 is 0 Å². The van der Waals surface area contributed by atoms with Gasteiger partial charge in [0, 0.05) is 28.1 Å². The minimum absolute atomic E-state index is 0.905. The van der Waals surface area contributed by atoms with Crippen LogP contribution < -0.4 is 0 Å². The lowest BCUT2D eigenvalue weighted by molar-refractivity contribution is 0.669. The van der Waals surface area contributed by atoms with Gasteiger partial charge in [0.2, 0.25) is 0 Å². The van der Waals surface area contributed by atoms with Gasteiger partial charge in [0.05, 0.1) is 5.69 Å². The number of nitrogens with zero attached hydrogens (tertiary/aromatic N) is 1. The van der Waals surface area contributed by atoms with Crippen LogP contribution in [0.15, 0.2) is 205 Å². The lowest BCUT2D eigenvalue weighted by Gasteiger charge is -2.18. The van der Waals surface area contributed by atoms with E-state index in [-0.39, 0.29) is 0 Å². The molecule has 0 amide bonds. The minimum Gasteiger partial charge on any atom is -0.456 e. The number of fused-ring (bicyclic) bond motifs is 6. The largest absolute Gasteiger partial charge is 0.456 e. The lowest BCUT2D eigenvalue weighted by Crippen LogP contribution is -1.92. The molecule has 0 spiro atoms. The summed E-state index contributed by atoms with van der Waals surface area (Å²) < 4.78 is 6.25. The summed E-state index contributed by atoms with van der Waals surface area (Å²) in [6.07, 6.45) is 2.04. The molecule has 0 unspecified atom stereocenters. The molecule has 0 aliphatic rings. The average Bonchev–Trinajstić information content (AvgIpc) is 3.62. The maximum atomic E-state index is 6.25. The van der Waals surface area contributed by atoms with Crippen LogP contribution in [0.2, 0.25) is 0 Å². The van der Waals surface area contributed by atoms with E-state index < -0.39 is 0 Å². The molecular formula is C53H33NO.